The number of alkyl carbamates (subject to hydrolysis) is 1. The van der Waals surface area contributed by atoms with Gasteiger partial charge in [0, 0.05) is 0 Å². The lowest BCUT2D eigenvalue weighted by Gasteiger charge is -2.19. The van der Waals surface area contributed by atoms with Gasteiger partial charge in [0.1, 0.15) is 12.1 Å². The molecule has 0 fully saturated rings. The zero-order valence-electron chi connectivity index (χ0n) is 13.6. The summed E-state index contributed by atoms with van der Waals surface area (Å²) in [5.41, 5.74) is 4.56. The maximum atomic E-state index is 11.8. The van der Waals surface area contributed by atoms with Gasteiger partial charge < -0.3 is 20.5 Å². The molecule has 2 amide bonds. The molecular formula is C13H21N5O5. The Morgan fingerprint density at radius 1 is 1.30 bits per heavy atom. The van der Waals surface area contributed by atoms with Crippen molar-refractivity contribution in [2.24, 2.45) is 5.73 Å². The zero-order chi connectivity index (χ0) is 17.6. The van der Waals surface area contributed by atoms with Crippen molar-refractivity contribution in [1.29, 1.82) is 0 Å². The Bertz CT molecular complexity index is 590. The fraction of sp³-hybridized carbons (Fsp3) is 0.615. The van der Waals surface area contributed by atoms with Crippen LogP contribution in [0.2, 0.25) is 0 Å². The number of aromatic nitrogens is 3. The zero-order valence-corrected chi connectivity index (χ0v) is 13.6. The van der Waals surface area contributed by atoms with E-state index in [0.717, 1.165) is 4.68 Å². The molecule has 0 bridgehead atoms. The van der Waals surface area contributed by atoms with E-state index in [1.807, 2.05) is 0 Å². The number of nitrogens with zero attached hydrogens (tertiary/aromatic N) is 3. The molecule has 0 aliphatic carbocycles. The summed E-state index contributed by atoms with van der Waals surface area (Å²) in [5.74, 6) is -1.37. The van der Waals surface area contributed by atoms with E-state index < -0.39 is 23.6 Å². The molecule has 0 radical (unpaired) electrons. The van der Waals surface area contributed by atoms with Crippen LogP contribution in [0.1, 0.15) is 43.9 Å². The Morgan fingerprint density at radius 3 is 2.48 bits per heavy atom. The van der Waals surface area contributed by atoms with E-state index in [4.69, 9.17) is 15.2 Å². The quantitative estimate of drug-likeness (QED) is 0.699. The third kappa shape index (κ3) is 5.93. The van der Waals surface area contributed by atoms with Gasteiger partial charge in [-0.15, -0.1) is 5.10 Å². The molecule has 10 nitrogen and oxygen atoms in total. The summed E-state index contributed by atoms with van der Waals surface area (Å²) in [6.45, 7) is 6.55. The SMILES string of the molecule is CCOC(=O)c1nnn(CC(N)=O)c1CNC(=O)OC(C)(C)C. The van der Waals surface area contributed by atoms with Crippen molar-refractivity contribution in [1.82, 2.24) is 20.3 Å². The van der Waals surface area contributed by atoms with Gasteiger partial charge in [0.2, 0.25) is 5.91 Å². The Hall–Kier alpha value is -2.65. The molecule has 0 aliphatic heterocycles. The van der Waals surface area contributed by atoms with Crippen LogP contribution in [-0.2, 0) is 27.4 Å². The first-order valence-corrected chi connectivity index (χ1v) is 6.98. The molecule has 0 aliphatic rings. The van der Waals surface area contributed by atoms with Crippen LogP contribution in [0.3, 0.4) is 0 Å². The monoisotopic (exact) mass is 327 g/mol. The minimum absolute atomic E-state index is 0.0934. The standard InChI is InChI=1S/C13H21N5O5/c1-5-22-11(20)10-8(18(17-16-10)7-9(14)19)6-15-12(21)23-13(2,3)4/h5-7H2,1-4H3,(H2,14,19)(H,15,21). The van der Waals surface area contributed by atoms with Gasteiger partial charge in [0.25, 0.3) is 0 Å². The molecule has 1 rings (SSSR count). The fourth-order valence-electron chi connectivity index (χ4n) is 1.61. The molecule has 128 valence electrons. The third-order valence-corrected chi connectivity index (χ3v) is 2.41. The highest BCUT2D eigenvalue weighted by molar-refractivity contribution is 5.88. The molecule has 10 heteroatoms. The average Bonchev–Trinajstić information content (AvgIpc) is 2.76. The smallest absolute Gasteiger partial charge is 0.407 e. The van der Waals surface area contributed by atoms with E-state index >= 15 is 0 Å². The van der Waals surface area contributed by atoms with Crippen LogP contribution in [0.15, 0.2) is 0 Å². The van der Waals surface area contributed by atoms with E-state index in [9.17, 15) is 14.4 Å². The maximum Gasteiger partial charge on any atom is 0.407 e. The lowest BCUT2D eigenvalue weighted by molar-refractivity contribution is -0.118. The number of carbonyl (C=O) groups excluding carboxylic acids is 3. The van der Waals surface area contributed by atoms with Gasteiger partial charge in [-0.3, -0.25) is 4.79 Å². The summed E-state index contributed by atoms with van der Waals surface area (Å²) in [4.78, 5) is 34.6. The predicted octanol–water partition coefficient (Wildman–Crippen LogP) is -0.0352. The normalized spacial score (nSPS) is 11.0. The molecule has 1 aromatic rings. The minimum Gasteiger partial charge on any atom is -0.461 e. The fourth-order valence-corrected chi connectivity index (χ4v) is 1.61. The van der Waals surface area contributed by atoms with Gasteiger partial charge in [-0.1, -0.05) is 5.21 Å². The summed E-state index contributed by atoms with van der Waals surface area (Å²) in [6, 6.07) is 0. The van der Waals surface area contributed by atoms with Crippen LogP contribution < -0.4 is 11.1 Å². The topological polar surface area (TPSA) is 138 Å². The number of hydrogen-bond donors (Lipinski definition) is 2. The van der Waals surface area contributed by atoms with Gasteiger partial charge in [-0.2, -0.15) is 0 Å². The second-order valence-corrected chi connectivity index (χ2v) is 5.58. The predicted molar refractivity (Wildman–Crippen MR) is 78.2 cm³/mol. The Morgan fingerprint density at radius 2 is 1.96 bits per heavy atom. The van der Waals surface area contributed by atoms with Crippen LogP contribution in [0.4, 0.5) is 4.79 Å². The summed E-state index contributed by atoms with van der Waals surface area (Å²) in [7, 11) is 0. The van der Waals surface area contributed by atoms with Crippen molar-refractivity contribution >= 4 is 18.0 Å². The Labute approximate surface area is 133 Å². The first kappa shape index (κ1) is 18.4. The molecule has 0 unspecified atom stereocenters. The van der Waals surface area contributed by atoms with Crippen LogP contribution >= 0.6 is 0 Å². The van der Waals surface area contributed by atoms with Gasteiger partial charge in [0.15, 0.2) is 5.69 Å². The molecule has 0 saturated heterocycles. The first-order chi connectivity index (χ1) is 10.6. The van der Waals surface area contributed by atoms with Crippen molar-refractivity contribution < 1.29 is 23.9 Å². The van der Waals surface area contributed by atoms with Crippen LogP contribution in [0, 0.1) is 0 Å². The minimum atomic E-state index is -0.704. The van der Waals surface area contributed by atoms with Gasteiger partial charge in [-0.05, 0) is 27.7 Å². The van der Waals surface area contributed by atoms with Gasteiger partial charge in [-0.25, -0.2) is 14.3 Å². The second kappa shape index (κ2) is 7.56. The van der Waals surface area contributed by atoms with E-state index in [1.165, 1.54) is 0 Å². The van der Waals surface area contributed by atoms with Crippen molar-refractivity contribution in [3.05, 3.63) is 11.4 Å². The maximum absolute atomic E-state index is 11.8. The lowest BCUT2D eigenvalue weighted by atomic mass is 10.2. The third-order valence-electron chi connectivity index (χ3n) is 2.41. The average molecular weight is 327 g/mol. The molecule has 1 heterocycles. The first-order valence-electron chi connectivity index (χ1n) is 6.98. The number of amides is 2. The molecule has 3 N–H and O–H groups in total. The molecule has 0 atom stereocenters. The largest absolute Gasteiger partial charge is 0.461 e. The number of esters is 1. The highest BCUT2D eigenvalue weighted by Gasteiger charge is 2.23. The molecule has 0 saturated carbocycles. The summed E-state index contributed by atoms with van der Waals surface area (Å²) in [5, 5.41) is 9.83. The Balaban J connectivity index is 2.92. The number of nitrogens with two attached hydrogens (primary N) is 1. The summed E-state index contributed by atoms with van der Waals surface area (Å²) < 4.78 is 11.1. The van der Waals surface area contributed by atoms with E-state index in [-0.39, 0.29) is 31.1 Å². The number of hydrogen-bond acceptors (Lipinski definition) is 7. The van der Waals surface area contributed by atoms with Crippen molar-refractivity contribution in [2.45, 2.75) is 46.4 Å². The summed E-state index contributed by atoms with van der Waals surface area (Å²) in [6.07, 6.45) is -0.681. The van der Waals surface area contributed by atoms with E-state index in [1.54, 1.807) is 27.7 Å². The molecule has 1 aromatic heterocycles. The van der Waals surface area contributed by atoms with Crippen molar-refractivity contribution in [2.75, 3.05) is 6.61 Å². The summed E-state index contributed by atoms with van der Waals surface area (Å²) >= 11 is 0. The number of primary amides is 1. The number of ether oxygens (including phenoxy) is 2. The second-order valence-electron chi connectivity index (χ2n) is 5.58. The highest BCUT2D eigenvalue weighted by Crippen LogP contribution is 2.10. The highest BCUT2D eigenvalue weighted by atomic mass is 16.6. The van der Waals surface area contributed by atoms with Gasteiger partial charge >= 0.3 is 12.1 Å². The van der Waals surface area contributed by atoms with E-state index in [0.29, 0.717) is 0 Å². The van der Waals surface area contributed by atoms with Crippen LogP contribution in [-0.4, -0.2) is 45.2 Å². The number of carbonyl (C=O) groups is 3. The molecule has 0 spiro atoms. The molecule has 23 heavy (non-hydrogen) atoms. The molecule has 0 aromatic carbocycles. The van der Waals surface area contributed by atoms with Crippen molar-refractivity contribution in [3.8, 4) is 0 Å². The molecular weight excluding hydrogens is 306 g/mol. The van der Waals surface area contributed by atoms with Crippen LogP contribution in [0.25, 0.3) is 0 Å². The van der Waals surface area contributed by atoms with E-state index in [2.05, 4.69) is 15.6 Å². The van der Waals surface area contributed by atoms with Crippen LogP contribution in [0.5, 0.6) is 0 Å². The lowest BCUT2D eigenvalue weighted by Crippen LogP contribution is -2.33. The Kier molecular flexibility index (Phi) is 6.05. The van der Waals surface area contributed by atoms with Gasteiger partial charge in [0.05, 0.1) is 18.8 Å². The number of rotatable bonds is 6. The van der Waals surface area contributed by atoms with Crippen molar-refractivity contribution in [3.63, 3.8) is 0 Å². The number of nitrogens with one attached hydrogen (secondary N) is 1.